The average molecular weight is 705 g/mol. The molecule has 0 amide bonds. The van der Waals surface area contributed by atoms with Gasteiger partial charge >= 0.3 is 0 Å². The van der Waals surface area contributed by atoms with Gasteiger partial charge in [-0.05, 0) is 130 Å². The van der Waals surface area contributed by atoms with E-state index in [2.05, 4.69) is 131 Å². The number of hydrogen-bond acceptors (Lipinski definition) is 5. The molecule has 0 bridgehead atoms. The predicted molar refractivity (Wildman–Crippen MR) is 223 cm³/mol. The lowest BCUT2D eigenvalue weighted by Crippen LogP contribution is -1.91. The molecular formula is C50H32N4O. The molecule has 0 saturated carbocycles. The Kier molecular flexibility index (Phi) is 8.08. The van der Waals surface area contributed by atoms with E-state index >= 15 is 0 Å². The van der Waals surface area contributed by atoms with Gasteiger partial charge in [0.1, 0.15) is 11.2 Å². The van der Waals surface area contributed by atoms with Crippen LogP contribution in [-0.4, -0.2) is 19.9 Å². The minimum Gasteiger partial charge on any atom is -0.456 e. The van der Waals surface area contributed by atoms with Crippen molar-refractivity contribution in [2.24, 2.45) is 0 Å². The molecule has 0 saturated heterocycles. The number of furan rings is 1. The van der Waals surface area contributed by atoms with Gasteiger partial charge in [0, 0.05) is 57.8 Å². The lowest BCUT2D eigenvalue weighted by Gasteiger charge is -2.13. The van der Waals surface area contributed by atoms with E-state index in [-0.39, 0.29) is 0 Å². The Bertz CT molecular complexity index is 2850. The highest BCUT2D eigenvalue weighted by Crippen LogP contribution is 2.38. The van der Waals surface area contributed by atoms with Crippen LogP contribution in [-0.2, 0) is 0 Å². The fourth-order valence-electron chi connectivity index (χ4n) is 7.29. The monoisotopic (exact) mass is 704 g/mol. The number of hydrogen-bond donors (Lipinski definition) is 0. The molecule has 55 heavy (non-hydrogen) atoms. The van der Waals surface area contributed by atoms with E-state index in [1.807, 2.05) is 60.9 Å². The molecule has 5 nitrogen and oxygen atoms in total. The summed E-state index contributed by atoms with van der Waals surface area (Å²) in [5.41, 5.74) is 16.1. The molecule has 10 aromatic rings. The van der Waals surface area contributed by atoms with E-state index in [0.717, 1.165) is 100 Å². The Labute approximate surface area is 318 Å². The highest BCUT2D eigenvalue weighted by atomic mass is 16.3. The summed E-state index contributed by atoms with van der Waals surface area (Å²) in [7, 11) is 0. The third kappa shape index (κ3) is 6.34. The second-order valence-electron chi connectivity index (χ2n) is 13.6. The quantitative estimate of drug-likeness (QED) is 0.165. The zero-order valence-electron chi connectivity index (χ0n) is 29.7. The molecule has 0 unspecified atom stereocenters. The molecule has 0 aliphatic rings. The van der Waals surface area contributed by atoms with Crippen molar-refractivity contribution in [1.82, 2.24) is 19.9 Å². The lowest BCUT2D eigenvalue weighted by atomic mass is 9.91. The van der Waals surface area contributed by atoms with Crippen LogP contribution < -0.4 is 0 Å². The largest absolute Gasteiger partial charge is 0.456 e. The van der Waals surface area contributed by atoms with Crippen molar-refractivity contribution in [1.29, 1.82) is 0 Å². The summed E-state index contributed by atoms with van der Waals surface area (Å²) < 4.78 is 6.19. The summed E-state index contributed by atoms with van der Waals surface area (Å²) in [5.74, 6) is 0. The van der Waals surface area contributed by atoms with Gasteiger partial charge in [-0.15, -0.1) is 0 Å². The number of fused-ring (bicyclic) bond motifs is 3. The fourth-order valence-corrected chi connectivity index (χ4v) is 7.29. The standard InChI is InChI=1S/C50H32N4O/c1-2-20-49-43(15-1)44-30-35(21-22-50(44)55-49)42-28-40(33-9-3-11-36(25-33)45-16-5-18-47(53-45)38-13-7-23-51-31-38)27-41(29-42)34-10-4-12-37(26-34)46-17-6-19-48(54-46)39-14-8-24-52-32-39/h1-32H. The minimum absolute atomic E-state index is 0.878. The van der Waals surface area contributed by atoms with Gasteiger partial charge in [-0.3, -0.25) is 9.97 Å². The highest BCUT2D eigenvalue weighted by molar-refractivity contribution is 6.06. The third-order valence-corrected chi connectivity index (χ3v) is 10.0. The van der Waals surface area contributed by atoms with E-state index in [4.69, 9.17) is 14.4 Å². The van der Waals surface area contributed by atoms with Crippen LogP contribution in [0.25, 0.3) is 100 Å². The molecule has 5 heteroatoms. The molecule has 0 fully saturated rings. The first-order valence-corrected chi connectivity index (χ1v) is 18.3. The van der Waals surface area contributed by atoms with Crippen molar-refractivity contribution in [3.63, 3.8) is 0 Å². The van der Waals surface area contributed by atoms with Gasteiger partial charge in [0.2, 0.25) is 0 Å². The second-order valence-corrected chi connectivity index (χ2v) is 13.6. The third-order valence-electron chi connectivity index (χ3n) is 10.0. The maximum absolute atomic E-state index is 6.19. The first-order chi connectivity index (χ1) is 27.2. The highest BCUT2D eigenvalue weighted by Gasteiger charge is 2.14. The van der Waals surface area contributed by atoms with Crippen molar-refractivity contribution in [2.75, 3.05) is 0 Å². The molecule has 0 N–H and O–H groups in total. The van der Waals surface area contributed by atoms with Crippen LogP contribution in [0.4, 0.5) is 0 Å². The van der Waals surface area contributed by atoms with Crippen LogP contribution in [0.3, 0.4) is 0 Å². The lowest BCUT2D eigenvalue weighted by molar-refractivity contribution is 0.669. The summed E-state index contributed by atoms with van der Waals surface area (Å²) in [4.78, 5) is 18.7. The first-order valence-electron chi connectivity index (χ1n) is 18.3. The number of para-hydroxylation sites is 1. The Balaban J connectivity index is 1.10. The predicted octanol–water partition coefficient (Wildman–Crippen LogP) is 12.8. The van der Waals surface area contributed by atoms with Gasteiger partial charge in [0.25, 0.3) is 0 Å². The molecule has 5 aromatic carbocycles. The van der Waals surface area contributed by atoms with Crippen molar-refractivity contribution in [3.8, 4) is 78.4 Å². The molecule has 0 aliphatic carbocycles. The number of aromatic nitrogens is 4. The van der Waals surface area contributed by atoms with Crippen LogP contribution in [0.15, 0.2) is 199 Å². The van der Waals surface area contributed by atoms with E-state index in [1.165, 1.54) is 0 Å². The Morgan fingerprint density at radius 1 is 0.291 bits per heavy atom. The second kappa shape index (κ2) is 13.8. The SMILES string of the molecule is c1cncc(-c2cccc(-c3cccc(-c4cc(-c5cccc(-c6cccc(-c7cccnc7)n6)c5)cc(-c5ccc6oc7ccccc7c6c5)c4)c3)n2)c1. The Morgan fingerprint density at radius 2 is 0.727 bits per heavy atom. The number of rotatable bonds is 7. The maximum Gasteiger partial charge on any atom is 0.135 e. The zero-order valence-corrected chi connectivity index (χ0v) is 29.7. The topological polar surface area (TPSA) is 64.7 Å². The molecule has 0 radical (unpaired) electrons. The van der Waals surface area contributed by atoms with Crippen LogP contribution in [0.2, 0.25) is 0 Å². The summed E-state index contributed by atoms with van der Waals surface area (Å²) in [6, 6.07) is 59.1. The van der Waals surface area contributed by atoms with Crippen LogP contribution in [0.5, 0.6) is 0 Å². The molecule has 258 valence electrons. The fraction of sp³-hybridized carbons (Fsp3) is 0. The summed E-state index contributed by atoms with van der Waals surface area (Å²) in [6.07, 6.45) is 7.26. The summed E-state index contributed by atoms with van der Waals surface area (Å²) in [6.45, 7) is 0. The van der Waals surface area contributed by atoms with Gasteiger partial charge in [0.05, 0.1) is 22.8 Å². The first kappa shape index (κ1) is 32.2. The molecule has 0 aliphatic heterocycles. The number of pyridine rings is 4. The number of nitrogens with zero attached hydrogens (tertiary/aromatic N) is 4. The van der Waals surface area contributed by atoms with Crippen molar-refractivity contribution < 1.29 is 4.42 Å². The zero-order chi connectivity index (χ0) is 36.6. The van der Waals surface area contributed by atoms with E-state index in [9.17, 15) is 0 Å². The van der Waals surface area contributed by atoms with Gasteiger partial charge in [-0.1, -0.05) is 72.8 Å². The minimum atomic E-state index is 0.878. The molecule has 0 spiro atoms. The molecule has 0 atom stereocenters. The normalized spacial score (nSPS) is 11.3. The van der Waals surface area contributed by atoms with Crippen LogP contribution in [0.1, 0.15) is 0 Å². The van der Waals surface area contributed by atoms with Crippen molar-refractivity contribution in [3.05, 3.63) is 195 Å². The van der Waals surface area contributed by atoms with Gasteiger partial charge in [0.15, 0.2) is 0 Å². The maximum atomic E-state index is 6.19. The van der Waals surface area contributed by atoms with Crippen LogP contribution >= 0.6 is 0 Å². The van der Waals surface area contributed by atoms with Crippen molar-refractivity contribution >= 4 is 21.9 Å². The van der Waals surface area contributed by atoms with Gasteiger partial charge < -0.3 is 4.42 Å². The average Bonchev–Trinajstić information content (AvgIpc) is 3.65. The van der Waals surface area contributed by atoms with Crippen LogP contribution in [0, 0.1) is 0 Å². The molecular weight excluding hydrogens is 673 g/mol. The Hall–Kier alpha value is -7.50. The van der Waals surface area contributed by atoms with E-state index in [0.29, 0.717) is 0 Å². The molecule has 5 heterocycles. The van der Waals surface area contributed by atoms with E-state index in [1.54, 1.807) is 12.4 Å². The van der Waals surface area contributed by atoms with Gasteiger partial charge in [-0.2, -0.15) is 0 Å². The van der Waals surface area contributed by atoms with Gasteiger partial charge in [-0.25, -0.2) is 9.97 Å². The van der Waals surface area contributed by atoms with Crippen molar-refractivity contribution in [2.45, 2.75) is 0 Å². The molecule has 5 aromatic heterocycles. The molecule has 10 rings (SSSR count). The number of benzene rings is 5. The summed E-state index contributed by atoms with van der Waals surface area (Å²) in [5, 5.41) is 2.21. The smallest absolute Gasteiger partial charge is 0.135 e. The summed E-state index contributed by atoms with van der Waals surface area (Å²) >= 11 is 0. The van der Waals surface area contributed by atoms with E-state index < -0.39 is 0 Å². The Morgan fingerprint density at radius 3 is 1.27 bits per heavy atom.